The molecule has 0 aliphatic carbocycles. The largest absolute Gasteiger partial charge is 0.483 e. The number of benzene rings is 2. The quantitative estimate of drug-likeness (QED) is 0.653. The summed E-state index contributed by atoms with van der Waals surface area (Å²) in [4.78, 5) is 11.9. The van der Waals surface area contributed by atoms with Gasteiger partial charge in [0.1, 0.15) is 11.6 Å². The maximum absolute atomic E-state index is 11.9. The number of nitrogens with one attached hydrogen (secondary N) is 2. The average Bonchev–Trinajstić information content (AvgIpc) is 2.53. The molecule has 0 spiro atoms. The summed E-state index contributed by atoms with van der Waals surface area (Å²) in [7, 11) is 0. The number of hydrogen-bond donors (Lipinski definition) is 3. The molecule has 2 aromatic carbocycles. The van der Waals surface area contributed by atoms with Gasteiger partial charge in [-0.05, 0) is 55.0 Å². The van der Waals surface area contributed by atoms with Crippen LogP contribution in [0.4, 0.5) is 11.4 Å². The third-order valence-electron chi connectivity index (χ3n) is 3.06. The third kappa shape index (κ3) is 5.84. The van der Waals surface area contributed by atoms with Gasteiger partial charge in [-0.25, -0.2) is 4.21 Å². The van der Waals surface area contributed by atoms with Gasteiger partial charge in [0.25, 0.3) is 5.91 Å². The highest BCUT2D eigenvalue weighted by Gasteiger charge is 2.06. The van der Waals surface area contributed by atoms with E-state index >= 15 is 0 Å². The van der Waals surface area contributed by atoms with E-state index in [9.17, 15) is 9.00 Å². The van der Waals surface area contributed by atoms with Gasteiger partial charge in [-0.3, -0.25) is 4.79 Å². The molecule has 0 bridgehead atoms. The van der Waals surface area contributed by atoms with E-state index in [4.69, 9.17) is 20.9 Å². The maximum Gasteiger partial charge on any atom is 0.262 e. The van der Waals surface area contributed by atoms with Gasteiger partial charge in [0.15, 0.2) is 17.7 Å². The van der Waals surface area contributed by atoms with Crippen molar-refractivity contribution < 1.29 is 18.3 Å². The first-order chi connectivity index (χ1) is 11.4. The molecule has 0 saturated carbocycles. The number of rotatable bonds is 7. The molecule has 0 aromatic heterocycles. The molecular weight excluding hydrogens is 352 g/mol. The van der Waals surface area contributed by atoms with Crippen molar-refractivity contribution >= 4 is 40.0 Å². The predicted octanol–water partition coefficient (Wildman–Crippen LogP) is 3.26. The second kappa shape index (κ2) is 8.68. The molecule has 6 nitrogen and oxygen atoms in total. The Balaban J connectivity index is 1.84. The number of hydrogen-bond acceptors (Lipinski definition) is 4. The predicted molar refractivity (Wildman–Crippen MR) is 96.0 cm³/mol. The van der Waals surface area contributed by atoms with Crippen LogP contribution >= 0.6 is 11.6 Å². The molecule has 0 heterocycles. The number of anilines is 2. The molecule has 2 rings (SSSR count). The number of ether oxygens (including phenoxy) is 1. The van der Waals surface area contributed by atoms with Crippen LogP contribution in [-0.4, -0.2) is 27.2 Å². The number of carbonyl (C=O) groups excluding carboxylic acids is 1. The lowest BCUT2D eigenvalue weighted by molar-refractivity contribution is -0.118. The van der Waals surface area contributed by atoms with Gasteiger partial charge in [-0.1, -0.05) is 11.6 Å². The van der Waals surface area contributed by atoms with E-state index in [1.807, 2.05) is 6.92 Å². The highest BCUT2D eigenvalue weighted by Crippen LogP contribution is 2.21. The fourth-order valence-corrected chi connectivity index (χ4v) is 2.45. The maximum atomic E-state index is 11.9. The van der Waals surface area contributed by atoms with E-state index in [0.717, 1.165) is 5.56 Å². The van der Waals surface area contributed by atoms with E-state index < -0.39 is 11.1 Å². The summed E-state index contributed by atoms with van der Waals surface area (Å²) < 4.78 is 24.8. The second-order valence-corrected chi connectivity index (χ2v) is 6.33. The third-order valence-corrected chi connectivity index (χ3v) is 3.69. The van der Waals surface area contributed by atoms with Crippen molar-refractivity contribution in [3.8, 4) is 5.75 Å². The fourth-order valence-electron chi connectivity index (χ4n) is 1.93. The summed E-state index contributed by atoms with van der Waals surface area (Å²) in [5.41, 5.74) is 2.14. The van der Waals surface area contributed by atoms with Gasteiger partial charge >= 0.3 is 0 Å². The molecule has 2 aromatic rings. The molecular formula is C16H17ClN2O4S. The number of carbonyl (C=O) groups is 1. The van der Waals surface area contributed by atoms with Crippen molar-refractivity contribution in [3.63, 3.8) is 0 Å². The van der Waals surface area contributed by atoms with Crippen molar-refractivity contribution in [3.05, 3.63) is 53.1 Å². The molecule has 1 amide bonds. The average molecular weight is 369 g/mol. The van der Waals surface area contributed by atoms with E-state index in [2.05, 4.69) is 10.6 Å². The summed E-state index contributed by atoms with van der Waals surface area (Å²) >= 11 is 3.96. The number of halogens is 1. The first-order valence-electron chi connectivity index (χ1n) is 7.04. The molecule has 8 heteroatoms. The van der Waals surface area contributed by atoms with E-state index in [-0.39, 0.29) is 18.4 Å². The fraction of sp³-hybridized carbons (Fsp3) is 0.188. The molecule has 1 unspecified atom stereocenters. The summed E-state index contributed by atoms with van der Waals surface area (Å²) in [5, 5.41) is 6.11. The Morgan fingerprint density at radius 3 is 2.50 bits per heavy atom. The Morgan fingerprint density at radius 2 is 1.88 bits per heavy atom. The minimum atomic E-state index is -1.91. The van der Waals surface area contributed by atoms with Crippen LogP contribution in [0, 0.1) is 6.92 Å². The molecule has 24 heavy (non-hydrogen) atoms. The molecule has 0 saturated heterocycles. The molecule has 128 valence electrons. The minimum Gasteiger partial charge on any atom is -0.483 e. The highest BCUT2D eigenvalue weighted by atomic mass is 35.5. The lowest BCUT2D eigenvalue weighted by Gasteiger charge is -2.10. The smallest absolute Gasteiger partial charge is 0.262 e. The summed E-state index contributed by atoms with van der Waals surface area (Å²) in [6.45, 7) is 1.73. The normalized spacial score (nSPS) is 11.6. The van der Waals surface area contributed by atoms with Crippen molar-refractivity contribution in [2.24, 2.45) is 0 Å². The second-order valence-electron chi connectivity index (χ2n) is 4.97. The van der Waals surface area contributed by atoms with Gasteiger partial charge in [0, 0.05) is 16.4 Å². The SMILES string of the molecule is Cc1cc(Cl)ccc1OCC(=O)Nc1ccc(NCS(=O)O)cc1. The lowest BCUT2D eigenvalue weighted by Crippen LogP contribution is -2.20. The topological polar surface area (TPSA) is 87.7 Å². The number of amides is 1. The summed E-state index contributed by atoms with van der Waals surface area (Å²) in [6, 6.07) is 12.0. The van der Waals surface area contributed by atoms with Gasteiger partial charge in [-0.2, -0.15) is 0 Å². The van der Waals surface area contributed by atoms with Crippen molar-refractivity contribution in [1.82, 2.24) is 0 Å². The Morgan fingerprint density at radius 1 is 1.21 bits per heavy atom. The molecule has 1 atom stereocenters. The molecule has 0 aliphatic heterocycles. The zero-order valence-electron chi connectivity index (χ0n) is 12.9. The van der Waals surface area contributed by atoms with Crippen LogP contribution in [0.15, 0.2) is 42.5 Å². The Hall–Kier alpha value is -2.09. The Labute approximate surface area is 147 Å². The van der Waals surface area contributed by atoms with Crippen LogP contribution in [0.25, 0.3) is 0 Å². The standard InChI is InChI=1S/C16H17ClN2O4S/c1-11-8-12(17)2-7-15(11)23-9-16(20)19-14-5-3-13(4-6-14)18-10-24(21)22/h2-8,18H,9-10H2,1H3,(H,19,20)(H,21,22). The van der Waals surface area contributed by atoms with Gasteiger partial charge in [0.2, 0.25) is 0 Å². The first kappa shape index (κ1) is 18.3. The van der Waals surface area contributed by atoms with Crippen LogP contribution < -0.4 is 15.4 Å². The van der Waals surface area contributed by atoms with Crippen LogP contribution in [0.1, 0.15) is 5.56 Å². The number of aryl methyl sites for hydroxylation is 1. The first-order valence-corrected chi connectivity index (χ1v) is 8.69. The monoisotopic (exact) mass is 368 g/mol. The summed E-state index contributed by atoms with van der Waals surface area (Å²) in [5.74, 6) is 0.257. The minimum absolute atomic E-state index is 0.0556. The van der Waals surface area contributed by atoms with Crippen LogP contribution in [-0.2, 0) is 15.9 Å². The van der Waals surface area contributed by atoms with Crippen molar-refractivity contribution in [2.45, 2.75) is 6.92 Å². The van der Waals surface area contributed by atoms with Crippen LogP contribution in [0.3, 0.4) is 0 Å². The highest BCUT2D eigenvalue weighted by molar-refractivity contribution is 7.79. The zero-order chi connectivity index (χ0) is 17.5. The van der Waals surface area contributed by atoms with E-state index in [1.165, 1.54) is 0 Å². The Kier molecular flexibility index (Phi) is 6.60. The molecule has 0 radical (unpaired) electrons. The van der Waals surface area contributed by atoms with Gasteiger partial charge in [-0.15, -0.1) is 0 Å². The lowest BCUT2D eigenvalue weighted by atomic mass is 10.2. The molecule has 0 aliphatic rings. The van der Waals surface area contributed by atoms with Crippen LogP contribution in [0.5, 0.6) is 5.75 Å². The van der Waals surface area contributed by atoms with E-state index in [1.54, 1.807) is 42.5 Å². The van der Waals surface area contributed by atoms with E-state index in [0.29, 0.717) is 22.1 Å². The van der Waals surface area contributed by atoms with Crippen molar-refractivity contribution in [1.29, 1.82) is 0 Å². The molecule has 3 N–H and O–H groups in total. The van der Waals surface area contributed by atoms with Crippen molar-refractivity contribution in [2.75, 3.05) is 23.1 Å². The van der Waals surface area contributed by atoms with Gasteiger partial charge in [0.05, 0.1) is 0 Å². The van der Waals surface area contributed by atoms with Gasteiger partial charge < -0.3 is 19.9 Å². The molecule has 0 fully saturated rings. The zero-order valence-corrected chi connectivity index (χ0v) is 14.5. The van der Waals surface area contributed by atoms with Crippen LogP contribution in [0.2, 0.25) is 5.02 Å². The summed E-state index contributed by atoms with van der Waals surface area (Å²) in [6.07, 6.45) is 0. The Bertz CT molecular complexity index is 737.